The normalized spacial score (nSPS) is 14.2. The second kappa shape index (κ2) is 7.51. The van der Waals surface area contributed by atoms with Crippen molar-refractivity contribution in [3.8, 4) is 0 Å². The lowest BCUT2D eigenvalue weighted by atomic mass is 10.0. The highest BCUT2D eigenvalue weighted by Crippen LogP contribution is 2.20. The maximum atomic E-state index is 12.0. The number of hydrogen-bond acceptors (Lipinski definition) is 2. The van der Waals surface area contributed by atoms with Gasteiger partial charge in [0, 0.05) is 5.02 Å². The van der Waals surface area contributed by atoms with Gasteiger partial charge in [0.05, 0.1) is 12.1 Å². The summed E-state index contributed by atoms with van der Waals surface area (Å²) in [6.45, 7) is 6.14. The van der Waals surface area contributed by atoms with Crippen LogP contribution in [0, 0.1) is 5.92 Å². The van der Waals surface area contributed by atoms with Crippen LogP contribution < -0.4 is 11.1 Å². The molecule has 3 N–H and O–H groups in total. The van der Waals surface area contributed by atoms with E-state index < -0.39 is 6.04 Å². The molecule has 0 fully saturated rings. The number of benzene rings is 1. The van der Waals surface area contributed by atoms with Gasteiger partial charge in [-0.05, 0) is 36.5 Å². The van der Waals surface area contributed by atoms with Crippen LogP contribution in [0.15, 0.2) is 24.3 Å². The fraction of sp³-hybridized carbons (Fsp3) is 0.533. The molecule has 2 atom stereocenters. The largest absolute Gasteiger partial charge is 0.348 e. The van der Waals surface area contributed by atoms with Crippen molar-refractivity contribution in [2.24, 2.45) is 11.7 Å². The second-order valence-corrected chi connectivity index (χ2v) is 5.70. The Morgan fingerprint density at radius 3 is 2.63 bits per heavy atom. The fourth-order valence-corrected chi connectivity index (χ4v) is 2.24. The summed E-state index contributed by atoms with van der Waals surface area (Å²) < 4.78 is 0. The standard InChI is InChI=1S/C15H23ClN2O/c1-4-14(11-6-5-7-12(16)9-11)18-15(19)13(17)8-10(2)3/h5-7,9-10,13-14H,4,8,17H2,1-3H3,(H,18,19)/t13-,14?/m1/s1. The number of amides is 1. The number of rotatable bonds is 6. The van der Waals surface area contributed by atoms with E-state index in [9.17, 15) is 4.79 Å². The molecule has 0 radical (unpaired) electrons. The van der Waals surface area contributed by atoms with Crippen LogP contribution in [0.1, 0.15) is 45.2 Å². The van der Waals surface area contributed by atoms with Crippen molar-refractivity contribution >= 4 is 17.5 Å². The molecular weight excluding hydrogens is 260 g/mol. The van der Waals surface area contributed by atoms with Crippen molar-refractivity contribution in [1.82, 2.24) is 5.32 Å². The minimum absolute atomic E-state index is 0.0376. The fourth-order valence-electron chi connectivity index (χ4n) is 2.04. The molecule has 0 spiro atoms. The molecule has 0 bridgehead atoms. The van der Waals surface area contributed by atoms with Crippen LogP contribution in [0.25, 0.3) is 0 Å². The molecular formula is C15H23ClN2O. The monoisotopic (exact) mass is 282 g/mol. The minimum atomic E-state index is -0.451. The van der Waals surface area contributed by atoms with E-state index in [1.807, 2.05) is 31.2 Å². The Morgan fingerprint density at radius 2 is 2.11 bits per heavy atom. The van der Waals surface area contributed by atoms with Gasteiger partial charge in [0.2, 0.25) is 5.91 Å². The zero-order valence-electron chi connectivity index (χ0n) is 11.8. The zero-order chi connectivity index (χ0) is 14.4. The number of carbonyl (C=O) groups excluding carboxylic acids is 1. The van der Waals surface area contributed by atoms with Gasteiger partial charge in [-0.1, -0.05) is 44.5 Å². The molecule has 1 rings (SSSR count). The Labute approximate surface area is 120 Å². The lowest BCUT2D eigenvalue weighted by molar-refractivity contribution is -0.123. The third kappa shape index (κ3) is 5.21. The Hall–Kier alpha value is -1.06. The quantitative estimate of drug-likeness (QED) is 0.841. The Kier molecular flexibility index (Phi) is 6.32. The number of nitrogens with two attached hydrogens (primary N) is 1. The molecule has 3 nitrogen and oxygen atoms in total. The summed E-state index contributed by atoms with van der Waals surface area (Å²) in [6.07, 6.45) is 1.50. The van der Waals surface area contributed by atoms with Crippen LogP contribution in [-0.4, -0.2) is 11.9 Å². The van der Waals surface area contributed by atoms with Gasteiger partial charge in [0.25, 0.3) is 0 Å². The molecule has 0 saturated carbocycles. The SMILES string of the molecule is CCC(NC(=O)[C@H](N)CC(C)C)c1cccc(Cl)c1. The highest BCUT2D eigenvalue weighted by molar-refractivity contribution is 6.30. The molecule has 0 aromatic heterocycles. The Morgan fingerprint density at radius 1 is 1.42 bits per heavy atom. The maximum Gasteiger partial charge on any atom is 0.237 e. The van der Waals surface area contributed by atoms with Gasteiger partial charge >= 0.3 is 0 Å². The van der Waals surface area contributed by atoms with Crippen LogP contribution in [0.3, 0.4) is 0 Å². The Bertz CT molecular complexity index is 420. The molecule has 19 heavy (non-hydrogen) atoms. The van der Waals surface area contributed by atoms with Crippen molar-refractivity contribution in [1.29, 1.82) is 0 Å². The molecule has 0 aliphatic rings. The third-order valence-electron chi connectivity index (χ3n) is 3.04. The van der Waals surface area contributed by atoms with Crippen LogP contribution >= 0.6 is 11.6 Å². The Balaban J connectivity index is 2.69. The van der Waals surface area contributed by atoms with Crippen LogP contribution in [0.5, 0.6) is 0 Å². The molecule has 106 valence electrons. The maximum absolute atomic E-state index is 12.0. The number of halogens is 1. The van der Waals surface area contributed by atoms with Crippen LogP contribution in [0.2, 0.25) is 5.02 Å². The summed E-state index contributed by atoms with van der Waals surface area (Å²) in [5.74, 6) is 0.313. The van der Waals surface area contributed by atoms with Gasteiger partial charge < -0.3 is 11.1 Å². The first kappa shape index (κ1) is 16.0. The third-order valence-corrected chi connectivity index (χ3v) is 3.27. The van der Waals surface area contributed by atoms with Gasteiger partial charge in [-0.2, -0.15) is 0 Å². The van der Waals surface area contributed by atoms with Crippen molar-refractivity contribution < 1.29 is 4.79 Å². The zero-order valence-corrected chi connectivity index (χ0v) is 12.6. The van der Waals surface area contributed by atoms with E-state index in [4.69, 9.17) is 17.3 Å². The predicted octanol–water partition coefficient (Wildman–Crippen LogP) is 3.28. The van der Waals surface area contributed by atoms with Gasteiger partial charge in [-0.25, -0.2) is 0 Å². The van der Waals surface area contributed by atoms with E-state index in [0.29, 0.717) is 17.4 Å². The summed E-state index contributed by atoms with van der Waals surface area (Å²) in [6, 6.07) is 7.07. The number of nitrogens with one attached hydrogen (secondary N) is 1. The molecule has 4 heteroatoms. The number of hydrogen-bond donors (Lipinski definition) is 2. The van der Waals surface area contributed by atoms with E-state index in [1.165, 1.54) is 0 Å². The van der Waals surface area contributed by atoms with E-state index in [-0.39, 0.29) is 11.9 Å². The van der Waals surface area contributed by atoms with Gasteiger partial charge in [-0.15, -0.1) is 0 Å². The van der Waals surface area contributed by atoms with Crippen molar-refractivity contribution in [2.45, 2.75) is 45.7 Å². The molecule has 0 heterocycles. The van der Waals surface area contributed by atoms with E-state index in [0.717, 1.165) is 12.0 Å². The van der Waals surface area contributed by atoms with E-state index >= 15 is 0 Å². The average molecular weight is 283 g/mol. The molecule has 1 aromatic carbocycles. The molecule has 0 aliphatic heterocycles. The van der Waals surface area contributed by atoms with Crippen molar-refractivity contribution in [2.75, 3.05) is 0 Å². The first-order chi connectivity index (χ1) is 8.93. The lowest BCUT2D eigenvalue weighted by Crippen LogP contribution is -2.42. The van der Waals surface area contributed by atoms with Gasteiger partial charge in [0.15, 0.2) is 0 Å². The van der Waals surface area contributed by atoms with Gasteiger partial charge in [-0.3, -0.25) is 4.79 Å². The first-order valence-electron chi connectivity index (χ1n) is 6.75. The summed E-state index contributed by atoms with van der Waals surface area (Å²) in [4.78, 5) is 12.0. The lowest BCUT2D eigenvalue weighted by Gasteiger charge is -2.21. The molecule has 0 aliphatic carbocycles. The molecule has 1 amide bonds. The number of carbonyl (C=O) groups is 1. The predicted molar refractivity (Wildman–Crippen MR) is 80.1 cm³/mol. The van der Waals surface area contributed by atoms with E-state index in [1.54, 1.807) is 0 Å². The van der Waals surface area contributed by atoms with Crippen molar-refractivity contribution in [3.63, 3.8) is 0 Å². The molecule has 0 saturated heterocycles. The van der Waals surface area contributed by atoms with E-state index in [2.05, 4.69) is 19.2 Å². The van der Waals surface area contributed by atoms with Crippen LogP contribution in [-0.2, 0) is 4.79 Å². The smallest absolute Gasteiger partial charge is 0.237 e. The highest BCUT2D eigenvalue weighted by Gasteiger charge is 2.19. The summed E-state index contributed by atoms with van der Waals surface area (Å²) >= 11 is 5.98. The topological polar surface area (TPSA) is 55.1 Å². The minimum Gasteiger partial charge on any atom is -0.348 e. The second-order valence-electron chi connectivity index (χ2n) is 5.26. The van der Waals surface area contributed by atoms with Gasteiger partial charge in [0.1, 0.15) is 0 Å². The average Bonchev–Trinajstić information content (AvgIpc) is 2.34. The molecule has 1 unspecified atom stereocenters. The summed E-state index contributed by atoms with van der Waals surface area (Å²) in [5, 5.41) is 3.67. The summed E-state index contributed by atoms with van der Waals surface area (Å²) in [7, 11) is 0. The van der Waals surface area contributed by atoms with Crippen LogP contribution in [0.4, 0.5) is 0 Å². The van der Waals surface area contributed by atoms with Crippen molar-refractivity contribution in [3.05, 3.63) is 34.9 Å². The molecule has 1 aromatic rings. The summed E-state index contributed by atoms with van der Waals surface area (Å²) in [5.41, 5.74) is 6.91. The first-order valence-corrected chi connectivity index (χ1v) is 7.13. The highest BCUT2D eigenvalue weighted by atomic mass is 35.5.